The molecule has 0 aliphatic rings. The molecule has 0 aliphatic carbocycles. The summed E-state index contributed by atoms with van der Waals surface area (Å²) in [6, 6.07) is 0. The summed E-state index contributed by atoms with van der Waals surface area (Å²) in [6.07, 6.45) is 2.24. The Morgan fingerprint density at radius 1 is 1.07 bits per heavy atom. The standard InChI is InChI=1S/C13H27NO/c1-11(15)14(13(5,6)7)10-8-9-12(2,3)4/h8-10H2,1-7H3. The van der Waals surface area contributed by atoms with Crippen LogP contribution in [0.3, 0.4) is 0 Å². The lowest BCUT2D eigenvalue weighted by molar-refractivity contribution is -0.133. The SMILES string of the molecule is CC(=O)N(CCCC(C)(C)C)C(C)(C)C. The van der Waals surface area contributed by atoms with Crippen LogP contribution in [0.15, 0.2) is 0 Å². The monoisotopic (exact) mass is 213 g/mol. The zero-order valence-electron chi connectivity index (χ0n) is 11.5. The summed E-state index contributed by atoms with van der Waals surface area (Å²) in [5, 5.41) is 0. The topological polar surface area (TPSA) is 20.3 Å². The average molecular weight is 213 g/mol. The molecule has 0 spiro atoms. The highest BCUT2D eigenvalue weighted by molar-refractivity contribution is 5.74. The summed E-state index contributed by atoms with van der Waals surface area (Å²) < 4.78 is 0. The fourth-order valence-corrected chi connectivity index (χ4v) is 1.73. The molecule has 0 heterocycles. The summed E-state index contributed by atoms with van der Waals surface area (Å²) in [6.45, 7) is 15.5. The van der Waals surface area contributed by atoms with Crippen molar-refractivity contribution in [2.75, 3.05) is 6.54 Å². The maximum absolute atomic E-state index is 11.5. The number of carbonyl (C=O) groups excluding carboxylic acids is 1. The number of hydrogen-bond donors (Lipinski definition) is 0. The van der Waals surface area contributed by atoms with Gasteiger partial charge in [0.25, 0.3) is 0 Å². The minimum Gasteiger partial charge on any atom is -0.338 e. The Labute approximate surface area is 95.0 Å². The smallest absolute Gasteiger partial charge is 0.219 e. The lowest BCUT2D eigenvalue weighted by Crippen LogP contribution is -2.45. The van der Waals surface area contributed by atoms with E-state index in [1.54, 1.807) is 6.92 Å². The maximum atomic E-state index is 11.5. The summed E-state index contributed by atoms with van der Waals surface area (Å²) in [5.41, 5.74) is 0.310. The Hall–Kier alpha value is -0.530. The third-order valence-corrected chi connectivity index (χ3v) is 2.50. The quantitative estimate of drug-likeness (QED) is 0.703. The Morgan fingerprint density at radius 2 is 1.53 bits per heavy atom. The molecule has 0 saturated heterocycles. The highest BCUT2D eigenvalue weighted by Crippen LogP contribution is 2.22. The predicted molar refractivity (Wildman–Crippen MR) is 65.8 cm³/mol. The molecular weight excluding hydrogens is 186 g/mol. The van der Waals surface area contributed by atoms with Gasteiger partial charge >= 0.3 is 0 Å². The second-order valence-electron chi connectivity index (χ2n) is 6.51. The van der Waals surface area contributed by atoms with E-state index in [2.05, 4.69) is 41.5 Å². The molecule has 2 heteroatoms. The van der Waals surface area contributed by atoms with Gasteiger partial charge in [-0.05, 0) is 39.0 Å². The van der Waals surface area contributed by atoms with Gasteiger partial charge in [-0.15, -0.1) is 0 Å². The van der Waals surface area contributed by atoms with Crippen LogP contribution < -0.4 is 0 Å². The van der Waals surface area contributed by atoms with Gasteiger partial charge in [0, 0.05) is 19.0 Å². The Bertz CT molecular complexity index is 208. The van der Waals surface area contributed by atoms with Crippen molar-refractivity contribution >= 4 is 5.91 Å². The molecule has 0 rings (SSSR count). The minimum atomic E-state index is -0.0519. The van der Waals surface area contributed by atoms with Gasteiger partial charge in [0.05, 0.1) is 0 Å². The van der Waals surface area contributed by atoms with Crippen LogP contribution in [0, 0.1) is 5.41 Å². The summed E-state index contributed by atoms with van der Waals surface area (Å²) in [4.78, 5) is 13.4. The van der Waals surface area contributed by atoms with Gasteiger partial charge < -0.3 is 4.90 Å². The largest absolute Gasteiger partial charge is 0.338 e. The number of nitrogens with zero attached hydrogens (tertiary/aromatic N) is 1. The first kappa shape index (κ1) is 14.5. The third-order valence-electron chi connectivity index (χ3n) is 2.50. The van der Waals surface area contributed by atoms with Crippen molar-refractivity contribution in [1.82, 2.24) is 4.90 Å². The van der Waals surface area contributed by atoms with Gasteiger partial charge in [0.2, 0.25) is 5.91 Å². The predicted octanol–water partition coefficient (Wildman–Crippen LogP) is 3.46. The summed E-state index contributed by atoms with van der Waals surface area (Å²) >= 11 is 0. The second kappa shape index (κ2) is 5.00. The molecular formula is C13H27NO. The fourth-order valence-electron chi connectivity index (χ4n) is 1.73. The van der Waals surface area contributed by atoms with Crippen molar-refractivity contribution in [2.45, 2.75) is 66.8 Å². The summed E-state index contributed by atoms with van der Waals surface area (Å²) in [7, 11) is 0. The molecule has 0 aromatic carbocycles. The Kier molecular flexibility index (Phi) is 4.82. The molecule has 0 aliphatic heterocycles. The lowest BCUT2D eigenvalue weighted by atomic mass is 9.90. The van der Waals surface area contributed by atoms with Crippen molar-refractivity contribution < 1.29 is 4.79 Å². The maximum Gasteiger partial charge on any atom is 0.219 e. The van der Waals surface area contributed by atoms with Crippen LogP contribution in [-0.2, 0) is 4.79 Å². The zero-order chi connectivity index (χ0) is 12.3. The van der Waals surface area contributed by atoms with Crippen molar-refractivity contribution in [2.24, 2.45) is 5.41 Å². The second-order valence-corrected chi connectivity index (χ2v) is 6.51. The van der Waals surface area contributed by atoms with Crippen molar-refractivity contribution in [1.29, 1.82) is 0 Å². The van der Waals surface area contributed by atoms with Crippen molar-refractivity contribution in [3.8, 4) is 0 Å². The molecule has 0 aromatic heterocycles. The Balaban J connectivity index is 4.17. The van der Waals surface area contributed by atoms with E-state index in [-0.39, 0.29) is 11.4 Å². The van der Waals surface area contributed by atoms with Crippen LogP contribution in [0.25, 0.3) is 0 Å². The minimum absolute atomic E-state index is 0.0519. The van der Waals surface area contributed by atoms with E-state index in [1.807, 2.05) is 4.90 Å². The summed E-state index contributed by atoms with van der Waals surface area (Å²) in [5.74, 6) is 0.177. The molecule has 0 radical (unpaired) electrons. The van der Waals surface area contributed by atoms with Crippen LogP contribution in [-0.4, -0.2) is 22.9 Å². The fraction of sp³-hybridized carbons (Fsp3) is 0.923. The Morgan fingerprint density at radius 3 is 1.80 bits per heavy atom. The van der Waals surface area contributed by atoms with Gasteiger partial charge in [-0.25, -0.2) is 0 Å². The molecule has 15 heavy (non-hydrogen) atoms. The van der Waals surface area contributed by atoms with Crippen LogP contribution in [0.4, 0.5) is 0 Å². The molecule has 90 valence electrons. The number of amides is 1. The first-order valence-electron chi connectivity index (χ1n) is 5.82. The van der Waals surface area contributed by atoms with Crippen LogP contribution in [0.1, 0.15) is 61.3 Å². The molecule has 0 atom stereocenters. The van der Waals surface area contributed by atoms with Crippen LogP contribution in [0.5, 0.6) is 0 Å². The van der Waals surface area contributed by atoms with Gasteiger partial charge in [-0.2, -0.15) is 0 Å². The van der Waals surface area contributed by atoms with E-state index in [0.717, 1.165) is 19.4 Å². The first-order valence-corrected chi connectivity index (χ1v) is 5.82. The molecule has 2 nitrogen and oxygen atoms in total. The van der Waals surface area contributed by atoms with Crippen molar-refractivity contribution in [3.05, 3.63) is 0 Å². The normalized spacial score (nSPS) is 12.7. The molecule has 0 aromatic rings. The highest BCUT2D eigenvalue weighted by atomic mass is 16.2. The van der Waals surface area contributed by atoms with Gasteiger partial charge in [-0.3, -0.25) is 4.79 Å². The number of hydrogen-bond acceptors (Lipinski definition) is 1. The zero-order valence-corrected chi connectivity index (χ0v) is 11.5. The van der Waals surface area contributed by atoms with E-state index >= 15 is 0 Å². The molecule has 1 amide bonds. The third kappa shape index (κ3) is 6.53. The lowest BCUT2D eigenvalue weighted by Gasteiger charge is -2.35. The van der Waals surface area contributed by atoms with E-state index in [9.17, 15) is 4.79 Å². The highest BCUT2D eigenvalue weighted by Gasteiger charge is 2.23. The van der Waals surface area contributed by atoms with Gasteiger partial charge in [0.15, 0.2) is 0 Å². The van der Waals surface area contributed by atoms with Crippen molar-refractivity contribution in [3.63, 3.8) is 0 Å². The molecule has 0 N–H and O–H groups in total. The van der Waals surface area contributed by atoms with Crippen LogP contribution >= 0.6 is 0 Å². The van der Waals surface area contributed by atoms with E-state index < -0.39 is 0 Å². The molecule has 0 bridgehead atoms. The first-order chi connectivity index (χ1) is 6.54. The van der Waals surface area contributed by atoms with Crippen LogP contribution in [0.2, 0.25) is 0 Å². The number of carbonyl (C=O) groups is 1. The van der Waals surface area contributed by atoms with E-state index in [4.69, 9.17) is 0 Å². The van der Waals surface area contributed by atoms with Gasteiger partial charge in [-0.1, -0.05) is 20.8 Å². The number of rotatable bonds is 3. The van der Waals surface area contributed by atoms with E-state index in [0.29, 0.717) is 5.41 Å². The molecule has 0 fully saturated rings. The molecule has 0 saturated carbocycles. The van der Waals surface area contributed by atoms with Gasteiger partial charge in [0.1, 0.15) is 0 Å². The average Bonchev–Trinajstić information content (AvgIpc) is 1.92. The van der Waals surface area contributed by atoms with E-state index in [1.165, 1.54) is 0 Å². The molecule has 0 unspecified atom stereocenters.